The van der Waals surface area contributed by atoms with E-state index in [-0.39, 0.29) is 12.1 Å². The predicted octanol–water partition coefficient (Wildman–Crippen LogP) is 3.26. The lowest BCUT2D eigenvalue weighted by Crippen LogP contribution is -2.41. The Morgan fingerprint density at radius 2 is 1.50 bits per heavy atom. The summed E-state index contributed by atoms with van der Waals surface area (Å²) >= 11 is 0. The zero-order valence-electron chi connectivity index (χ0n) is 15.8. The van der Waals surface area contributed by atoms with Crippen LogP contribution in [0.3, 0.4) is 0 Å². The van der Waals surface area contributed by atoms with Crippen molar-refractivity contribution in [2.75, 3.05) is 0 Å². The number of hydrogen-bond acceptors (Lipinski definition) is 3. The number of nitrogens with zero attached hydrogens (tertiary/aromatic N) is 2. The van der Waals surface area contributed by atoms with Crippen molar-refractivity contribution >= 4 is 12.6 Å². The summed E-state index contributed by atoms with van der Waals surface area (Å²) in [6.45, 7) is 11.4. The van der Waals surface area contributed by atoms with Gasteiger partial charge in [0, 0.05) is 22.8 Å². The minimum absolute atomic E-state index is 0.0186. The van der Waals surface area contributed by atoms with Crippen LogP contribution in [0.25, 0.3) is 0 Å². The molecule has 0 bridgehead atoms. The van der Waals surface area contributed by atoms with Crippen LogP contribution in [0, 0.1) is 31.3 Å². The number of aryl methyl sites for hydroxylation is 1. The highest BCUT2D eigenvalue weighted by atomic mass is 19.2. The van der Waals surface area contributed by atoms with Gasteiger partial charge in [0.1, 0.15) is 5.82 Å². The summed E-state index contributed by atoms with van der Waals surface area (Å²) in [6.07, 6.45) is 0. The van der Waals surface area contributed by atoms with Crippen LogP contribution in [0.15, 0.2) is 12.1 Å². The van der Waals surface area contributed by atoms with Crippen molar-refractivity contribution in [3.8, 4) is 0 Å². The molecule has 0 unspecified atom stereocenters. The Morgan fingerprint density at radius 3 is 2.08 bits per heavy atom. The van der Waals surface area contributed by atoms with E-state index in [1.165, 1.54) is 0 Å². The normalized spacial score (nSPS) is 18.6. The molecule has 0 aliphatic carbocycles. The molecule has 1 fully saturated rings. The van der Waals surface area contributed by atoms with Gasteiger partial charge in [-0.25, -0.2) is 13.2 Å². The number of rotatable bonds is 3. The largest absolute Gasteiger partial charge is 0.498 e. The minimum Gasteiger partial charge on any atom is -0.399 e. The first-order chi connectivity index (χ1) is 11.9. The van der Waals surface area contributed by atoms with E-state index in [1.54, 1.807) is 4.68 Å². The molecule has 2 heterocycles. The Hall–Kier alpha value is -1.80. The lowest BCUT2D eigenvalue weighted by Gasteiger charge is -2.32. The monoisotopic (exact) mass is 366 g/mol. The second-order valence-electron chi connectivity index (χ2n) is 7.69. The molecule has 0 N–H and O–H groups in total. The predicted molar refractivity (Wildman–Crippen MR) is 92.8 cm³/mol. The zero-order valence-corrected chi connectivity index (χ0v) is 15.8. The molecule has 1 aromatic carbocycles. The Labute approximate surface area is 151 Å². The van der Waals surface area contributed by atoms with E-state index in [0.29, 0.717) is 11.8 Å². The zero-order chi connectivity index (χ0) is 19.4. The van der Waals surface area contributed by atoms with E-state index >= 15 is 0 Å². The standard InChI is InChI=1S/C18H22BF3N2O2/c1-10-16(19-25-17(3,4)18(5,6)26-19)11(2)24(23-10)9-12-7-14(21)15(22)8-13(12)20/h7-8H,9H2,1-6H3. The molecule has 0 spiro atoms. The molecule has 140 valence electrons. The lowest BCUT2D eigenvalue weighted by molar-refractivity contribution is 0.00578. The Morgan fingerprint density at radius 1 is 0.962 bits per heavy atom. The van der Waals surface area contributed by atoms with Gasteiger partial charge in [0.15, 0.2) is 11.6 Å². The van der Waals surface area contributed by atoms with Crippen molar-refractivity contribution in [1.29, 1.82) is 0 Å². The molecule has 8 heteroatoms. The van der Waals surface area contributed by atoms with Crippen molar-refractivity contribution in [2.45, 2.75) is 59.3 Å². The summed E-state index contributed by atoms with van der Waals surface area (Å²) in [5.74, 6) is -3.11. The fraction of sp³-hybridized carbons (Fsp3) is 0.500. The van der Waals surface area contributed by atoms with Gasteiger partial charge in [-0.05, 0) is 47.6 Å². The van der Waals surface area contributed by atoms with Crippen LogP contribution >= 0.6 is 0 Å². The summed E-state index contributed by atoms with van der Waals surface area (Å²) in [5.41, 5.74) is 1.21. The molecular weight excluding hydrogens is 344 g/mol. The Balaban J connectivity index is 1.94. The molecule has 2 aromatic rings. The Kier molecular flexibility index (Phi) is 4.47. The summed E-state index contributed by atoms with van der Waals surface area (Å²) in [7, 11) is -0.594. The van der Waals surface area contributed by atoms with E-state index in [1.807, 2.05) is 41.5 Å². The van der Waals surface area contributed by atoms with Crippen LogP contribution in [0.1, 0.15) is 44.6 Å². The van der Waals surface area contributed by atoms with E-state index in [2.05, 4.69) is 5.10 Å². The first kappa shape index (κ1) is 19.0. The topological polar surface area (TPSA) is 36.3 Å². The third kappa shape index (κ3) is 3.05. The third-order valence-electron chi connectivity index (χ3n) is 5.34. The van der Waals surface area contributed by atoms with Gasteiger partial charge in [-0.15, -0.1) is 0 Å². The number of halogens is 3. The molecular formula is C18H22BF3N2O2. The fourth-order valence-corrected chi connectivity index (χ4v) is 3.01. The van der Waals surface area contributed by atoms with Crippen LogP contribution in [0.5, 0.6) is 0 Å². The molecule has 1 aliphatic rings. The van der Waals surface area contributed by atoms with Crippen molar-refractivity contribution in [3.05, 3.63) is 46.5 Å². The van der Waals surface area contributed by atoms with Gasteiger partial charge >= 0.3 is 7.12 Å². The number of benzene rings is 1. The van der Waals surface area contributed by atoms with E-state index < -0.39 is 35.8 Å². The molecule has 4 nitrogen and oxygen atoms in total. The van der Waals surface area contributed by atoms with Crippen LogP contribution in [0.2, 0.25) is 0 Å². The molecule has 0 atom stereocenters. The quantitative estimate of drug-likeness (QED) is 0.618. The minimum atomic E-state index is -1.21. The molecule has 0 radical (unpaired) electrons. The molecule has 1 aromatic heterocycles. The highest BCUT2D eigenvalue weighted by molar-refractivity contribution is 6.63. The van der Waals surface area contributed by atoms with Gasteiger partial charge in [-0.1, -0.05) is 0 Å². The van der Waals surface area contributed by atoms with Crippen LogP contribution in [0.4, 0.5) is 13.2 Å². The molecule has 1 aliphatic heterocycles. The average molecular weight is 366 g/mol. The highest BCUT2D eigenvalue weighted by Crippen LogP contribution is 2.37. The SMILES string of the molecule is Cc1nn(Cc2cc(F)c(F)cc2F)c(C)c1B1OC(C)(C)C(C)(C)O1. The summed E-state index contributed by atoms with van der Waals surface area (Å²) in [4.78, 5) is 0. The maximum Gasteiger partial charge on any atom is 0.498 e. The summed E-state index contributed by atoms with van der Waals surface area (Å²) < 4.78 is 54.2. The maximum absolute atomic E-state index is 14.0. The number of aromatic nitrogens is 2. The Bertz CT molecular complexity index is 849. The second kappa shape index (κ2) is 6.13. The van der Waals surface area contributed by atoms with Crippen molar-refractivity contribution in [2.24, 2.45) is 0 Å². The third-order valence-corrected chi connectivity index (χ3v) is 5.34. The van der Waals surface area contributed by atoms with Crippen molar-refractivity contribution in [3.63, 3.8) is 0 Å². The van der Waals surface area contributed by atoms with Gasteiger partial charge in [0.25, 0.3) is 0 Å². The van der Waals surface area contributed by atoms with E-state index in [4.69, 9.17) is 9.31 Å². The average Bonchev–Trinajstić information content (AvgIpc) is 2.88. The second-order valence-corrected chi connectivity index (χ2v) is 7.69. The van der Waals surface area contributed by atoms with Gasteiger partial charge in [0.2, 0.25) is 0 Å². The summed E-state index contributed by atoms with van der Waals surface area (Å²) in [6, 6.07) is 1.40. The molecule has 3 rings (SSSR count). The van der Waals surface area contributed by atoms with Gasteiger partial charge < -0.3 is 9.31 Å². The van der Waals surface area contributed by atoms with Crippen LogP contribution < -0.4 is 5.46 Å². The number of hydrogen-bond donors (Lipinski definition) is 0. The first-order valence-corrected chi connectivity index (χ1v) is 8.46. The molecule has 26 heavy (non-hydrogen) atoms. The fourth-order valence-electron chi connectivity index (χ4n) is 3.01. The smallest absolute Gasteiger partial charge is 0.399 e. The van der Waals surface area contributed by atoms with Gasteiger partial charge in [0.05, 0.1) is 23.4 Å². The van der Waals surface area contributed by atoms with Gasteiger partial charge in [-0.2, -0.15) is 5.10 Å². The first-order valence-electron chi connectivity index (χ1n) is 8.46. The lowest BCUT2D eigenvalue weighted by atomic mass is 9.77. The van der Waals surface area contributed by atoms with Crippen LogP contribution in [-0.4, -0.2) is 28.1 Å². The maximum atomic E-state index is 14.0. The van der Waals surface area contributed by atoms with Crippen molar-refractivity contribution < 1.29 is 22.5 Å². The van der Waals surface area contributed by atoms with Crippen LogP contribution in [-0.2, 0) is 15.9 Å². The highest BCUT2D eigenvalue weighted by Gasteiger charge is 2.53. The molecule has 1 saturated heterocycles. The summed E-state index contributed by atoms with van der Waals surface area (Å²) in [5, 5.41) is 4.41. The molecule has 0 amide bonds. The van der Waals surface area contributed by atoms with Crippen molar-refractivity contribution in [1.82, 2.24) is 9.78 Å². The van der Waals surface area contributed by atoms with E-state index in [9.17, 15) is 13.2 Å². The molecule has 0 saturated carbocycles. The van der Waals surface area contributed by atoms with E-state index in [0.717, 1.165) is 17.2 Å². The van der Waals surface area contributed by atoms with Gasteiger partial charge in [-0.3, -0.25) is 4.68 Å².